The Hall–Kier alpha value is -2.69. The molecule has 2 heterocycles. The summed E-state index contributed by atoms with van der Waals surface area (Å²) in [7, 11) is 0. The fourth-order valence-electron chi connectivity index (χ4n) is 2.24. The molecular weight excluding hydrogens is 264 g/mol. The lowest BCUT2D eigenvalue weighted by Gasteiger charge is -2.06. The van der Waals surface area contributed by atoms with E-state index in [1.165, 1.54) is 5.56 Å². The van der Waals surface area contributed by atoms with Crippen molar-refractivity contribution in [2.45, 2.75) is 13.3 Å². The summed E-state index contributed by atoms with van der Waals surface area (Å²) in [5, 5.41) is 7.04. The van der Waals surface area contributed by atoms with Gasteiger partial charge in [0.2, 0.25) is 0 Å². The summed E-state index contributed by atoms with van der Waals surface area (Å²) in [5.41, 5.74) is 3.20. The van der Waals surface area contributed by atoms with Gasteiger partial charge in [0.05, 0.1) is 6.20 Å². The summed E-state index contributed by atoms with van der Waals surface area (Å²) in [6.07, 6.45) is 2.48. The van der Waals surface area contributed by atoms with Gasteiger partial charge in [-0.05, 0) is 25.0 Å². The average Bonchev–Trinajstić information content (AvgIpc) is 2.97. The van der Waals surface area contributed by atoms with Crippen LogP contribution in [0.15, 0.2) is 48.7 Å². The Morgan fingerprint density at radius 2 is 2.05 bits per heavy atom. The second kappa shape index (κ2) is 5.75. The van der Waals surface area contributed by atoms with Crippen LogP contribution in [0.3, 0.4) is 0 Å². The fourth-order valence-corrected chi connectivity index (χ4v) is 2.24. The van der Waals surface area contributed by atoms with E-state index in [2.05, 4.69) is 15.4 Å². The molecule has 1 aromatic carbocycles. The predicted molar refractivity (Wildman–Crippen MR) is 80.2 cm³/mol. The monoisotopic (exact) mass is 280 g/mol. The molecule has 0 spiro atoms. The number of hydrogen-bond acceptors (Lipinski definition) is 3. The minimum Gasteiger partial charge on any atom is -0.350 e. The summed E-state index contributed by atoms with van der Waals surface area (Å²) >= 11 is 0. The number of amides is 1. The Kier molecular flexibility index (Phi) is 3.64. The van der Waals surface area contributed by atoms with E-state index in [1.54, 1.807) is 22.8 Å². The number of rotatable bonds is 4. The molecule has 0 bridgehead atoms. The third-order valence-corrected chi connectivity index (χ3v) is 3.31. The van der Waals surface area contributed by atoms with Gasteiger partial charge in [0, 0.05) is 18.3 Å². The lowest BCUT2D eigenvalue weighted by atomic mass is 10.1. The van der Waals surface area contributed by atoms with Crippen molar-refractivity contribution in [3.05, 3.63) is 65.6 Å². The van der Waals surface area contributed by atoms with Gasteiger partial charge in [-0.3, -0.25) is 4.79 Å². The molecule has 0 aliphatic rings. The first-order valence-corrected chi connectivity index (χ1v) is 6.87. The molecule has 5 nitrogen and oxygen atoms in total. The molecule has 0 unspecified atom stereocenters. The van der Waals surface area contributed by atoms with E-state index in [0.29, 0.717) is 17.9 Å². The number of carbonyl (C=O) groups excluding carboxylic acids is 1. The number of nitrogens with zero attached hydrogens (tertiary/aromatic N) is 3. The van der Waals surface area contributed by atoms with Crippen molar-refractivity contribution in [2.75, 3.05) is 6.54 Å². The van der Waals surface area contributed by atoms with Crippen LogP contribution >= 0.6 is 0 Å². The van der Waals surface area contributed by atoms with Crippen LogP contribution in [0, 0.1) is 6.92 Å². The zero-order valence-electron chi connectivity index (χ0n) is 11.8. The van der Waals surface area contributed by atoms with Gasteiger partial charge in [-0.1, -0.05) is 30.3 Å². The highest BCUT2D eigenvalue weighted by molar-refractivity contribution is 5.92. The smallest absolute Gasteiger partial charge is 0.270 e. The van der Waals surface area contributed by atoms with E-state index in [-0.39, 0.29) is 5.91 Å². The second-order valence-corrected chi connectivity index (χ2v) is 4.88. The van der Waals surface area contributed by atoms with Crippen molar-refractivity contribution in [3.63, 3.8) is 0 Å². The van der Waals surface area contributed by atoms with Crippen LogP contribution in [0.5, 0.6) is 0 Å². The van der Waals surface area contributed by atoms with Crippen LogP contribution in [0.2, 0.25) is 0 Å². The van der Waals surface area contributed by atoms with E-state index in [4.69, 9.17) is 0 Å². The second-order valence-electron chi connectivity index (χ2n) is 4.88. The highest BCUT2D eigenvalue weighted by Gasteiger charge is 2.10. The molecule has 21 heavy (non-hydrogen) atoms. The number of aromatic nitrogens is 3. The minimum absolute atomic E-state index is 0.155. The summed E-state index contributed by atoms with van der Waals surface area (Å²) < 4.78 is 1.71. The maximum absolute atomic E-state index is 12.1. The fraction of sp³-hybridized carbons (Fsp3) is 0.188. The molecule has 3 rings (SSSR count). The number of carbonyl (C=O) groups is 1. The van der Waals surface area contributed by atoms with Gasteiger partial charge in [0.1, 0.15) is 5.69 Å². The van der Waals surface area contributed by atoms with Crippen LogP contribution in [0.1, 0.15) is 21.7 Å². The molecule has 0 radical (unpaired) electrons. The van der Waals surface area contributed by atoms with Crippen LogP contribution in [-0.2, 0) is 6.42 Å². The Bertz CT molecular complexity index is 764. The van der Waals surface area contributed by atoms with E-state index >= 15 is 0 Å². The molecule has 1 amide bonds. The normalized spacial score (nSPS) is 10.7. The third kappa shape index (κ3) is 2.91. The maximum Gasteiger partial charge on any atom is 0.270 e. The number of benzene rings is 1. The molecule has 0 aliphatic heterocycles. The zero-order valence-corrected chi connectivity index (χ0v) is 11.8. The third-order valence-electron chi connectivity index (χ3n) is 3.31. The lowest BCUT2D eigenvalue weighted by Crippen LogP contribution is -2.27. The maximum atomic E-state index is 12.1. The van der Waals surface area contributed by atoms with Gasteiger partial charge >= 0.3 is 0 Å². The summed E-state index contributed by atoms with van der Waals surface area (Å²) in [6.45, 7) is 2.50. The highest BCUT2D eigenvalue weighted by Crippen LogP contribution is 2.06. The van der Waals surface area contributed by atoms with Crippen LogP contribution in [0.25, 0.3) is 5.65 Å². The van der Waals surface area contributed by atoms with Crippen LogP contribution in [0.4, 0.5) is 0 Å². The van der Waals surface area contributed by atoms with Gasteiger partial charge in [-0.25, -0.2) is 9.50 Å². The van der Waals surface area contributed by atoms with Crippen molar-refractivity contribution in [3.8, 4) is 0 Å². The molecular formula is C16H16N4O. The Morgan fingerprint density at radius 3 is 2.86 bits per heavy atom. The van der Waals surface area contributed by atoms with Gasteiger partial charge in [-0.2, -0.15) is 5.10 Å². The Balaban J connectivity index is 1.66. The first-order valence-electron chi connectivity index (χ1n) is 6.87. The first kappa shape index (κ1) is 13.3. The molecule has 2 aromatic heterocycles. The number of hydrogen-bond donors (Lipinski definition) is 1. The molecule has 0 fully saturated rings. The zero-order chi connectivity index (χ0) is 14.7. The minimum atomic E-state index is -0.155. The summed E-state index contributed by atoms with van der Waals surface area (Å²) in [4.78, 5) is 16.5. The van der Waals surface area contributed by atoms with Crippen molar-refractivity contribution in [1.29, 1.82) is 0 Å². The SMILES string of the molecule is Cc1cc(C(=O)NCCc2ccccc2)nc2ccnn12. The van der Waals surface area contributed by atoms with Gasteiger partial charge < -0.3 is 5.32 Å². The Labute approximate surface area is 122 Å². The quantitative estimate of drug-likeness (QED) is 0.795. The average molecular weight is 280 g/mol. The highest BCUT2D eigenvalue weighted by atomic mass is 16.1. The Morgan fingerprint density at radius 1 is 1.24 bits per heavy atom. The topological polar surface area (TPSA) is 59.3 Å². The van der Waals surface area contributed by atoms with E-state index in [9.17, 15) is 4.79 Å². The molecule has 3 aromatic rings. The number of fused-ring (bicyclic) bond motifs is 1. The lowest BCUT2D eigenvalue weighted by molar-refractivity contribution is 0.0949. The van der Waals surface area contributed by atoms with Crippen LogP contribution in [-0.4, -0.2) is 27.0 Å². The van der Waals surface area contributed by atoms with Gasteiger partial charge in [0.15, 0.2) is 5.65 Å². The largest absolute Gasteiger partial charge is 0.350 e. The van der Waals surface area contributed by atoms with E-state index in [0.717, 1.165) is 12.1 Å². The molecule has 5 heteroatoms. The van der Waals surface area contributed by atoms with E-state index < -0.39 is 0 Å². The molecule has 0 atom stereocenters. The van der Waals surface area contributed by atoms with Crippen molar-refractivity contribution in [2.24, 2.45) is 0 Å². The number of aryl methyl sites for hydroxylation is 1. The van der Waals surface area contributed by atoms with Gasteiger partial charge in [-0.15, -0.1) is 0 Å². The van der Waals surface area contributed by atoms with Crippen LogP contribution < -0.4 is 5.32 Å². The predicted octanol–water partition coefficient (Wildman–Crippen LogP) is 2.01. The molecule has 1 N–H and O–H groups in total. The molecule has 106 valence electrons. The summed E-state index contributed by atoms with van der Waals surface area (Å²) in [6, 6.07) is 13.6. The van der Waals surface area contributed by atoms with E-state index in [1.807, 2.05) is 37.3 Å². The molecule has 0 saturated heterocycles. The van der Waals surface area contributed by atoms with Crippen molar-refractivity contribution < 1.29 is 4.79 Å². The number of nitrogens with one attached hydrogen (secondary N) is 1. The molecule has 0 saturated carbocycles. The molecule has 0 aliphatic carbocycles. The van der Waals surface area contributed by atoms with Crippen molar-refractivity contribution >= 4 is 11.6 Å². The van der Waals surface area contributed by atoms with Gasteiger partial charge in [0.25, 0.3) is 5.91 Å². The standard InChI is InChI=1S/C16H16N4O/c1-12-11-14(19-15-8-10-18-20(12)15)16(21)17-9-7-13-5-3-2-4-6-13/h2-6,8,10-11H,7,9H2,1H3,(H,17,21). The first-order chi connectivity index (χ1) is 10.2. The summed E-state index contributed by atoms with van der Waals surface area (Å²) in [5.74, 6) is -0.155. The van der Waals surface area contributed by atoms with Crippen molar-refractivity contribution in [1.82, 2.24) is 19.9 Å².